The lowest BCUT2D eigenvalue weighted by molar-refractivity contribution is -0.144. The number of rotatable bonds is 1. The van der Waals surface area contributed by atoms with Gasteiger partial charge >= 0.3 is 6.18 Å². The van der Waals surface area contributed by atoms with Crippen molar-refractivity contribution in [1.29, 1.82) is 0 Å². The first kappa shape index (κ1) is 9.63. The average Bonchev–Trinajstić information content (AvgIpc) is 2.67. The predicted molar refractivity (Wildman–Crippen MR) is 43.5 cm³/mol. The molecule has 2 aromatic heterocycles. The molecule has 15 heavy (non-hydrogen) atoms. The molecule has 0 unspecified atom stereocenters. The van der Waals surface area contributed by atoms with Crippen LogP contribution in [0.3, 0.4) is 0 Å². The van der Waals surface area contributed by atoms with Gasteiger partial charge in [-0.3, -0.25) is 10.1 Å². The standard InChI is InChI=1S/C8H4F3N4/c9-8(10,11)7-13-6(14-15-7)5-2-1-3-12-4-5/h1-2,4H,(H,13,14,15). The molecule has 0 saturated heterocycles. The van der Waals surface area contributed by atoms with E-state index < -0.39 is 12.0 Å². The summed E-state index contributed by atoms with van der Waals surface area (Å²) in [6.07, 6.45) is -0.685. The Bertz CT molecular complexity index is 448. The van der Waals surface area contributed by atoms with Gasteiger partial charge in [0.2, 0.25) is 0 Å². The lowest BCUT2D eigenvalue weighted by Gasteiger charge is -1.97. The summed E-state index contributed by atoms with van der Waals surface area (Å²) in [6.45, 7) is 0. The number of H-pyrrole nitrogens is 1. The summed E-state index contributed by atoms with van der Waals surface area (Å²) in [6, 6.07) is 3.01. The van der Waals surface area contributed by atoms with Crippen molar-refractivity contribution in [2.24, 2.45) is 0 Å². The van der Waals surface area contributed by atoms with Crippen LogP contribution in [0.5, 0.6) is 0 Å². The lowest BCUT2D eigenvalue weighted by atomic mass is 10.3. The number of pyridine rings is 1. The quantitative estimate of drug-likeness (QED) is 0.784. The van der Waals surface area contributed by atoms with Crippen molar-refractivity contribution in [3.63, 3.8) is 0 Å². The first-order valence-corrected chi connectivity index (χ1v) is 3.89. The maximum absolute atomic E-state index is 12.2. The highest BCUT2D eigenvalue weighted by Gasteiger charge is 2.36. The van der Waals surface area contributed by atoms with Gasteiger partial charge in [-0.25, -0.2) is 4.98 Å². The molecule has 1 radical (unpaired) electrons. The fourth-order valence-corrected chi connectivity index (χ4v) is 0.978. The minimum Gasteiger partial charge on any atom is -0.259 e. The van der Waals surface area contributed by atoms with E-state index in [1.165, 1.54) is 18.3 Å². The van der Waals surface area contributed by atoms with Crippen molar-refractivity contribution >= 4 is 0 Å². The van der Waals surface area contributed by atoms with Gasteiger partial charge in [-0.05, 0) is 12.1 Å². The number of halogens is 3. The highest BCUT2D eigenvalue weighted by Crippen LogP contribution is 2.27. The van der Waals surface area contributed by atoms with Gasteiger partial charge in [-0.1, -0.05) is 0 Å². The number of hydrogen-bond acceptors (Lipinski definition) is 3. The van der Waals surface area contributed by atoms with Crippen LogP contribution in [0, 0.1) is 6.20 Å². The number of hydrogen-bond donors (Lipinski definition) is 1. The summed E-state index contributed by atoms with van der Waals surface area (Å²) in [7, 11) is 0. The summed E-state index contributed by atoms with van der Waals surface area (Å²) in [5.41, 5.74) is 0.428. The van der Waals surface area contributed by atoms with Crippen LogP contribution in [-0.2, 0) is 6.18 Å². The van der Waals surface area contributed by atoms with Crippen molar-refractivity contribution in [3.8, 4) is 11.4 Å². The number of aromatic amines is 1. The third kappa shape index (κ3) is 1.95. The molecule has 0 atom stereocenters. The summed E-state index contributed by atoms with van der Waals surface area (Å²) >= 11 is 0. The Morgan fingerprint density at radius 1 is 1.33 bits per heavy atom. The molecule has 7 heteroatoms. The Kier molecular flexibility index (Phi) is 2.14. The first-order chi connectivity index (χ1) is 7.07. The van der Waals surface area contributed by atoms with Crippen LogP contribution in [0.1, 0.15) is 5.82 Å². The maximum atomic E-state index is 12.2. The molecule has 0 spiro atoms. The molecule has 0 amide bonds. The Morgan fingerprint density at radius 3 is 2.67 bits per heavy atom. The van der Waals surface area contributed by atoms with Gasteiger partial charge in [-0.2, -0.15) is 13.2 Å². The molecule has 2 heterocycles. The van der Waals surface area contributed by atoms with E-state index in [-0.39, 0.29) is 5.82 Å². The Morgan fingerprint density at radius 2 is 2.13 bits per heavy atom. The third-order valence-corrected chi connectivity index (χ3v) is 1.63. The molecule has 4 nitrogen and oxygen atoms in total. The van der Waals surface area contributed by atoms with Gasteiger partial charge in [0.1, 0.15) is 0 Å². The van der Waals surface area contributed by atoms with Crippen LogP contribution in [-0.4, -0.2) is 20.2 Å². The van der Waals surface area contributed by atoms with Gasteiger partial charge < -0.3 is 0 Å². The van der Waals surface area contributed by atoms with Crippen molar-refractivity contribution in [3.05, 3.63) is 30.4 Å². The van der Waals surface area contributed by atoms with Gasteiger partial charge in [0, 0.05) is 11.8 Å². The molecule has 0 fully saturated rings. The predicted octanol–water partition coefficient (Wildman–Crippen LogP) is 1.69. The number of nitrogens with one attached hydrogen (secondary N) is 1. The van der Waals surface area contributed by atoms with E-state index in [2.05, 4.69) is 26.4 Å². The van der Waals surface area contributed by atoms with Gasteiger partial charge in [0.15, 0.2) is 5.82 Å². The third-order valence-electron chi connectivity index (χ3n) is 1.63. The molecular formula is C8H4F3N4. The second kappa shape index (κ2) is 3.34. The monoisotopic (exact) mass is 213 g/mol. The highest BCUT2D eigenvalue weighted by atomic mass is 19.4. The molecule has 0 bridgehead atoms. The van der Waals surface area contributed by atoms with Crippen LogP contribution in [0.2, 0.25) is 0 Å². The summed E-state index contributed by atoms with van der Waals surface area (Å²) < 4.78 is 36.5. The molecule has 1 N–H and O–H groups in total. The minimum atomic E-state index is -4.54. The SMILES string of the molecule is FC(F)(F)c1n[nH]c(-c2cc[c]nc2)n1. The molecule has 0 aliphatic rings. The molecule has 2 rings (SSSR count). The van der Waals surface area contributed by atoms with Crippen LogP contribution in [0.25, 0.3) is 11.4 Å². The summed E-state index contributed by atoms with van der Waals surface area (Å²) in [5.74, 6) is -1.16. The zero-order valence-electron chi connectivity index (χ0n) is 7.21. The zero-order valence-corrected chi connectivity index (χ0v) is 7.21. The van der Waals surface area contributed by atoms with E-state index >= 15 is 0 Å². The van der Waals surface area contributed by atoms with E-state index in [1.54, 1.807) is 0 Å². The maximum Gasteiger partial charge on any atom is 0.453 e. The van der Waals surface area contributed by atoms with Crippen LogP contribution >= 0.6 is 0 Å². The lowest BCUT2D eigenvalue weighted by Crippen LogP contribution is -2.07. The van der Waals surface area contributed by atoms with E-state index in [1.807, 2.05) is 0 Å². The molecule has 0 aliphatic carbocycles. The van der Waals surface area contributed by atoms with Gasteiger partial charge in [0.05, 0.1) is 6.20 Å². The van der Waals surface area contributed by atoms with E-state index in [0.717, 1.165) is 0 Å². The molecule has 0 aromatic carbocycles. The summed E-state index contributed by atoms with van der Waals surface area (Å²) in [4.78, 5) is 6.94. The average molecular weight is 213 g/mol. The molecule has 0 aliphatic heterocycles. The van der Waals surface area contributed by atoms with Crippen molar-refractivity contribution in [2.75, 3.05) is 0 Å². The molecule has 77 valence electrons. The van der Waals surface area contributed by atoms with Crippen molar-refractivity contribution < 1.29 is 13.2 Å². The molecular weight excluding hydrogens is 209 g/mol. The van der Waals surface area contributed by atoms with Crippen molar-refractivity contribution in [2.45, 2.75) is 6.18 Å². The molecule has 2 aromatic rings. The van der Waals surface area contributed by atoms with Crippen LogP contribution in [0.15, 0.2) is 18.3 Å². The van der Waals surface area contributed by atoms with E-state index in [9.17, 15) is 13.2 Å². The fraction of sp³-hybridized carbons (Fsp3) is 0.125. The number of aromatic nitrogens is 4. The van der Waals surface area contributed by atoms with E-state index in [4.69, 9.17) is 0 Å². The smallest absolute Gasteiger partial charge is 0.259 e. The summed E-state index contributed by atoms with van der Waals surface area (Å²) in [5, 5.41) is 5.26. The normalized spacial score (nSPS) is 11.7. The Balaban J connectivity index is 2.37. The topological polar surface area (TPSA) is 54.5 Å². The van der Waals surface area contributed by atoms with Gasteiger partial charge in [-0.15, -0.1) is 5.10 Å². The largest absolute Gasteiger partial charge is 0.453 e. The van der Waals surface area contributed by atoms with Crippen LogP contribution in [0.4, 0.5) is 13.2 Å². The highest BCUT2D eigenvalue weighted by molar-refractivity contribution is 5.52. The second-order valence-corrected chi connectivity index (χ2v) is 2.68. The molecule has 0 saturated carbocycles. The van der Waals surface area contributed by atoms with Gasteiger partial charge in [0.25, 0.3) is 5.82 Å². The fourth-order valence-electron chi connectivity index (χ4n) is 0.978. The second-order valence-electron chi connectivity index (χ2n) is 2.68. The minimum absolute atomic E-state index is 0.0313. The van der Waals surface area contributed by atoms with E-state index in [0.29, 0.717) is 5.56 Å². The number of alkyl halides is 3. The first-order valence-electron chi connectivity index (χ1n) is 3.89. The Labute approximate surface area is 82.2 Å². The van der Waals surface area contributed by atoms with Crippen molar-refractivity contribution in [1.82, 2.24) is 20.2 Å². The zero-order chi connectivity index (χ0) is 10.9. The Hall–Kier alpha value is -1.92. The van der Waals surface area contributed by atoms with Crippen LogP contribution < -0.4 is 0 Å². The number of nitrogens with zero attached hydrogens (tertiary/aromatic N) is 3.